The number of amides is 3. The lowest BCUT2D eigenvalue weighted by atomic mass is 10.1. The van der Waals surface area contributed by atoms with Gasteiger partial charge in [0.25, 0.3) is 0 Å². The summed E-state index contributed by atoms with van der Waals surface area (Å²) in [5.41, 5.74) is 6.27. The molecular weight excluding hydrogens is 479 g/mol. The van der Waals surface area contributed by atoms with Gasteiger partial charge in [0.15, 0.2) is 0 Å². The topological polar surface area (TPSA) is 159 Å². The van der Waals surface area contributed by atoms with Crippen LogP contribution in [0.15, 0.2) is 30.9 Å². The molecule has 10 nitrogen and oxygen atoms in total. The monoisotopic (exact) mass is 510 g/mol. The minimum absolute atomic E-state index is 0.0463. The highest BCUT2D eigenvalue weighted by Gasteiger charge is 2.44. The zero-order chi connectivity index (χ0) is 25.8. The van der Waals surface area contributed by atoms with Gasteiger partial charge in [-0.15, -0.1) is 6.58 Å². The number of nitrogens with two attached hydrogens (primary N) is 1. The van der Waals surface area contributed by atoms with E-state index in [9.17, 15) is 27.2 Å². The maximum Gasteiger partial charge on any atom is 0.407 e. The number of sulfonamides is 1. The molecule has 2 aliphatic carbocycles. The van der Waals surface area contributed by atoms with Crippen LogP contribution in [-0.2, 0) is 32.7 Å². The van der Waals surface area contributed by atoms with Gasteiger partial charge < -0.3 is 16.2 Å². The molecule has 4 aliphatic rings. The maximum atomic E-state index is 13.1. The van der Waals surface area contributed by atoms with Gasteiger partial charge in [0, 0.05) is 18.0 Å². The Labute approximate surface area is 203 Å². The van der Waals surface area contributed by atoms with E-state index in [1.54, 1.807) is 18.2 Å². The molecule has 192 valence electrons. The molecule has 0 aromatic heterocycles. The van der Waals surface area contributed by atoms with Crippen LogP contribution in [0.5, 0.6) is 0 Å². The first-order valence-electron chi connectivity index (χ1n) is 11.5. The average Bonchev–Trinajstić information content (AvgIpc) is 3.70. The maximum absolute atomic E-state index is 13.1. The number of hydrogen-bond acceptors (Lipinski definition) is 6. The summed E-state index contributed by atoms with van der Waals surface area (Å²) in [5, 5.41) is 11.3. The Morgan fingerprint density at radius 3 is 2.40 bits per heavy atom. The summed E-state index contributed by atoms with van der Waals surface area (Å²) in [7, 11) is -3.36. The SMILES string of the molecule is C=CC1C[C@@H]1C(=O)NS(=O)(=O)C1CC1.NC(=O)C1CCCN1.O=C(O)N1Cc2cccc(F)c2C1. The molecule has 1 aromatic carbocycles. The molecule has 1 saturated heterocycles. The molecule has 2 unspecified atom stereocenters. The van der Waals surface area contributed by atoms with Crippen molar-refractivity contribution in [2.45, 2.75) is 56.5 Å². The second kappa shape index (κ2) is 11.2. The summed E-state index contributed by atoms with van der Waals surface area (Å²) in [6.07, 6.45) is 4.78. The quantitative estimate of drug-likeness (QED) is 0.436. The van der Waals surface area contributed by atoms with Crippen molar-refractivity contribution in [1.29, 1.82) is 0 Å². The highest BCUT2D eigenvalue weighted by atomic mass is 32.2. The summed E-state index contributed by atoms with van der Waals surface area (Å²) in [6, 6.07) is 4.65. The number of carbonyl (C=O) groups is 3. The number of nitrogens with zero attached hydrogens (tertiary/aromatic N) is 1. The van der Waals surface area contributed by atoms with E-state index >= 15 is 0 Å². The molecule has 1 aromatic rings. The van der Waals surface area contributed by atoms with Crippen molar-refractivity contribution in [2.75, 3.05) is 6.54 Å². The van der Waals surface area contributed by atoms with E-state index in [0.29, 0.717) is 24.9 Å². The van der Waals surface area contributed by atoms with Crippen molar-refractivity contribution in [1.82, 2.24) is 14.9 Å². The number of nitrogens with one attached hydrogen (secondary N) is 2. The van der Waals surface area contributed by atoms with Crippen molar-refractivity contribution >= 4 is 27.9 Å². The summed E-state index contributed by atoms with van der Waals surface area (Å²) in [4.78, 5) is 33.5. The molecule has 2 aliphatic heterocycles. The standard InChI is InChI=1S/C9H8FNO2.C9H13NO3S.C5H10N2O/c10-8-3-1-2-6-4-11(9(12)13)5-7(6)8;1-2-6-5-8(6)9(11)10-14(12,13)7-3-4-7;6-5(8)4-2-1-3-7-4/h1-3H,4-5H2,(H,12,13);2,6-8H,1,3-5H2,(H,10,11);4,7H,1-3H2,(H2,6,8)/t;6?,8-;/m.0./s1. The van der Waals surface area contributed by atoms with Gasteiger partial charge in [-0.25, -0.2) is 17.6 Å². The minimum Gasteiger partial charge on any atom is -0.465 e. The highest BCUT2D eigenvalue weighted by molar-refractivity contribution is 7.90. The van der Waals surface area contributed by atoms with Gasteiger partial charge in [-0.2, -0.15) is 0 Å². The number of allylic oxidation sites excluding steroid dienone is 1. The lowest BCUT2D eigenvalue weighted by molar-refractivity contribution is -0.121. The van der Waals surface area contributed by atoms with Crippen molar-refractivity contribution in [3.63, 3.8) is 0 Å². The van der Waals surface area contributed by atoms with Crippen molar-refractivity contribution in [3.05, 3.63) is 47.8 Å². The van der Waals surface area contributed by atoms with Crippen LogP contribution in [-0.4, -0.2) is 54.2 Å². The molecule has 5 N–H and O–H groups in total. The Bertz CT molecular complexity index is 1090. The van der Waals surface area contributed by atoms with Crippen LogP contribution >= 0.6 is 0 Å². The van der Waals surface area contributed by atoms with Gasteiger partial charge in [-0.1, -0.05) is 18.2 Å². The van der Waals surface area contributed by atoms with Gasteiger partial charge in [-0.05, 0) is 56.2 Å². The normalized spacial score (nSPS) is 24.1. The van der Waals surface area contributed by atoms with Crippen LogP contribution in [0.2, 0.25) is 0 Å². The Morgan fingerprint density at radius 1 is 1.23 bits per heavy atom. The molecule has 2 heterocycles. The number of carboxylic acid groups (broad SMARTS) is 1. The van der Waals surface area contributed by atoms with E-state index in [2.05, 4.69) is 16.6 Å². The van der Waals surface area contributed by atoms with Crippen LogP contribution in [0.3, 0.4) is 0 Å². The number of rotatable bonds is 5. The molecule has 35 heavy (non-hydrogen) atoms. The molecule has 12 heteroatoms. The molecular formula is C23H31FN4O6S. The average molecular weight is 511 g/mol. The molecule has 3 fully saturated rings. The molecule has 0 bridgehead atoms. The van der Waals surface area contributed by atoms with Gasteiger partial charge in [0.2, 0.25) is 21.8 Å². The summed E-state index contributed by atoms with van der Waals surface area (Å²) in [6.45, 7) is 4.97. The van der Waals surface area contributed by atoms with Crippen LogP contribution in [0.25, 0.3) is 0 Å². The lowest BCUT2D eigenvalue weighted by Crippen LogP contribution is -2.36. The van der Waals surface area contributed by atoms with Crippen LogP contribution in [0.4, 0.5) is 9.18 Å². The molecule has 3 amide bonds. The predicted octanol–water partition coefficient (Wildman–Crippen LogP) is 1.46. The first-order valence-corrected chi connectivity index (χ1v) is 13.0. The summed E-state index contributed by atoms with van der Waals surface area (Å²) in [5.74, 6) is -0.893. The third-order valence-electron chi connectivity index (χ3n) is 6.29. The lowest BCUT2D eigenvalue weighted by Gasteiger charge is -2.08. The molecule has 0 spiro atoms. The number of fused-ring (bicyclic) bond motifs is 1. The van der Waals surface area contributed by atoms with Gasteiger partial charge in [0.1, 0.15) is 5.82 Å². The zero-order valence-corrected chi connectivity index (χ0v) is 20.1. The molecule has 0 radical (unpaired) electrons. The number of hydrogen-bond donors (Lipinski definition) is 4. The third kappa shape index (κ3) is 7.25. The Morgan fingerprint density at radius 2 is 1.94 bits per heavy atom. The second-order valence-corrected chi connectivity index (χ2v) is 11.0. The van der Waals surface area contributed by atoms with Crippen molar-refractivity contribution < 1.29 is 32.3 Å². The van der Waals surface area contributed by atoms with Crippen LogP contribution in [0, 0.1) is 17.7 Å². The highest BCUT2D eigenvalue weighted by Crippen LogP contribution is 2.40. The van der Waals surface area contributed by atoms with Gasteiger partial charge in [0.05, 0.1) is 17.8 Å². The number of benzene rings is 1. The van der Waals surface area contributed by atoms with E-state index in [-0.39, 0.29) is 47.3 Å². The second-order valence-electron chi connectivity index (χ2n) is 9.02. The van der Waals surface area contributed by atoms with Crippen molar-refractivity contribution in [3.8, 4) is 0 Å². The Hall–Kier alpha value is -2.99. The fraction of sp³-hybridized carbons (Fsp3) is 0.522. The number of carbonyl (C=O) groups excluding carboxylic acids is 2. The largest absolute Gasteiger partial charge is 0.465 e. The first-order chi connectivity index (χ1) is 16.5. The van der Waals surface area contributed by atoms with Crippen molar-refractivity contribution in [2.24, 2.45) is 17.6 Å². The first kappa shape index (κ1) is 26.6. The molecule has 3 atom stereocenters. The predicted molar refractivity (Wildman–Crippen MR) is 126 cm³/mol. The fourth-order valence-electron chi connectivity index (χ4n) is 3.90. The minimum atomic E-state index is -3.36. The number of halogens is 1. The molecule has 2 saturated carbocycles. The van der Waals surface area contributed by atoms with E-state index in [4.69, 9.17) is 10.8 Å². The summed E-state index contributed by atoms with van der Waals surface area (Å²) >= 11 is 0. The van der Waals surface area contributed by atoms with Gasteiger partial charge >= 0.3 is 6.09 Å². The van der Waals surface area contributed by atoms with Crippen LogP contribution in [0.1, 0.15) is 43.2 Å². The Balaban J connectivity index is 0.000000152. The van der Waals surface area contributed by atoms with E-state index in [1.807, 2.05) is 0 Å². The van der Waals surface area contributed by atoms with E-state index in [1.165, 1.54) is 11.0 Å². The van der Waals surface area contributed by atoms with E-state index < -0.39 is 16.1 Å². The van der Waals surface area contributed by atoms with Crippen LogP contribution < -0.4 is 15.8 Å². The molecule has 5 rings (SSSR count). The number of primary amides is 1. The van der Waals surface area contributed by atoms with E-state index in [0.717, 1.165) is 31.4 Å². The third-order valence-corrected chi connectivity index (χ3v) is 8.12. The zero-order valence-electron chi connectivity index (χ0n) is 19.3. The Kier molecular flexibility index (Phi) is 8.49. The van der Waals surface area contributed by atoms with Gasteiger partial charge in [-0.3, -0.25) is 19.2 Å². The fourth-order valence-corrected chi connectivity index (χ4v) is 5.25. The summed E-state index contributed by atoms with van der Waals surface area (Å²) < 4.78 is 38.0. The smallest absolute Gasteiger partial charge is 0.407 e.